The number of nitrogens with one attached hydrogen (secondary N) is 1. The monoisotopic (exact) mass is 299 g/mol. The summed E-state index contributed by atoms with van der Waals surface area (Å²) in [6.45, 7) is 7.93. The van der Waals surface area contributed by atoms with Gasteiger partial charge in [0.05, 0.1) is 6.61 Å². The molecule has 1 N–H and O–H groups in total. The third-order valence-electron chi connectivity index (χ3n) is 2.72. The molecule has 0 aliphatic carbocycles. The van der Waals surface area contributed by atoms with E-state index in [9.17, 15) is 0 Å². The van der Waals surface area contributed by atoms with Crippen LogP contribution >= 0.6 is 15.9 Å². The molecule has 0 bridgehead atoms. The van der Waals surface area contributed by atoms with Crippen molar-refractivity contribution in [2.45, 2.75) is 39.3 Å². The largest absolute Gasteiger partial charge is 0.380 e. The quantitative estimate of drug-likeness (QED) is 0.824. The second-order valence-electron chi connectivity index (χ2n) is 4.24. The molecule has 0 aliphatic heterocycles. The number of hydrogen-bond donors (Lipinski definition) is 1. The Morgan fingerprint density at radius 1 is 1.35 bits per heavy atom. The zero-order valence-corrected chi connectivity index (χ0v) is 12.5. The van der Waals surface area contributed by atoms with Crippen molar-refractivity contribution in [3.63, 3.8) is 0 Å². The van der Waals surface area contributed by atoms with Crippen LogP contribution in [-0.4, -0.2) is 19.3 Å². The van der Waals surface area contributed by atoms with E-state index in [0.29, 0.717) is 12.1 Å². The van der Waals surface area contributed by atoms with Gasteiger partial charge in [0, 0.05) is 23.2 Å². The molecule has 0 aromatic heterocycles. The second-order valence-corrected chi connectivity index (χ2v) is 5.16. The van der Waals surface area contributed by atoms with Crippen molar-refractivity contribution in [3.05, 3.63) is 34.3 Å². The van der Waals surface area contributed by atoms with Gasteiger partial charge in [-0.3, -0.25) is 0 Å². The maximum absolute atomic E-state index is 5.43. The topological polar surface area (TPSA) is 21.3 Å². The average Bonchev–Trinajstić information content (AvgIpc) is 2.33. The van der Waals surface area contributed by atoms with E-state index < -0.39 is 0 Å². The molecule has 1 aromatic carbocycles. The van der Waals surface area contributed by atoms with Gasteiger partial charge in [0.2, 0.25) is 0 Å². The summed E-state index contributed by atoms with van der Waals surface area (Å²) in [6, 6.07) is 9.24. The molecule has 0 fully saturated rings. The van der Waals surface area contributed by atoms with Crippen LogP contribution < -0.4 is 5.32 Å². The van der Waals surface area contributed by atoms with Gasteiger partial charge in [-0.15, -0.1) is 0 Å². The first-order valence-corrected chi connectivity index (χ1v) is 7.05. The fourth-order valence-corrected chi connectivity index (χ4v) is 2.28. The number of halogens is 1. The summed E-state index contributed by atoms with van der Waals surface area (Å²) in [5, 5.41) is 3.60. The number of benzene rings is 1. The molecule has 3 heteroatoms. The zero-order valence-electron chi connectivity index (χ0n) is 10.9. The van der Waals surface area contributed by atoms with Crippen molar-refractivity contribution < 1.29 is 4.74 Å². The molecule has 0 saturated carbocycles. The summed E-state index contributed by atoms with van der Waals surface area (Å²) in [4.78, 5) is 0. The summed E-state index contributed by atoms with van der Waals surface area (Å²) in [7, 11) is 0. The molecule has 17 heavy (non-hydrogen) atoms. The van der Waals surface area contributed by atoms with Crippen LogP contribution in [0.4, 0.5) is 0 Å². The molecule has 0 radical (unpaired) electrons. The highest BCUT2D eigenvalue weighted by Gasteiger charge is 2.12. The molecule has 96 valence electrons. The number of hydrogen-bond acceptors (Lipinski definition) is 2. The van der Waals surface area contributed by atoms with E-state index in [2.05, 4.69) is 59.4 Å². The van der Waals surface area contributed by atoms with Crippen LogP contribution in [0, 0.1) is 0 Å². The molecular weight excluding hydrogens is 278 g/mol. The first-order valence-electron chi connectivity index (χ1n) is 6.26. The maximum atomic E-state index is 5.43. The third-order valence-corrected chi connectivity index (χ3v) is 3.21. The molecule has 0 spiro atoms. The lowest BCUT2D eigenvalue weighted by Gasteiger charge is -2.22. The fourth-order valence-electron chi connectivity index (χ4n) is 1.86. The van der Waals surface area contributed by atoms with E-state index in [0.717, 1.165) is 24.1 Å². The predicted molar refractivity (Wildman–Crippen MR) is 76.3 cm³/mol. The molecule has 0 amide bonds. The van der Waals surface area contributed by atoms with Gasteiger partial charge in [0.15, 0.2) is 0 Å². The van der Waals surface area contributed by atoms with Crippen molar-refractivity contribution in [1.29, 1.82) is 0 Å². The Morgan fingerprint density at radius 3 is 2.71 bits per heavy atom. The summed E-state index contributed by atoms with van der Waals surface area (Å²) >= 11 is 3.52. The first kappa shape index (κ1) is 14.7. The lowest BCUT2D eigenvalue weighted by atomic mass is 10.0. The Labute approximate surface area is 113 Å². The van der Waals surface area contributed by atoms with Crippen LogP contribution in [-0.2, 0) is 4.74 Å². The van der Waals surface area contributed by atoms with E-state index in [-0.39, 0.29) is 0 Å². The highest BCUT2D eigenvalue weighted by Crippen LogP contribution is 2.21. The van der Waals surface area contributed by atoms with E-state index in [4.69, 9.17) is 4.74 Å². The van der Waals surface area contributed by atoms with Crippen LogP contribution in [0.3, 0.4) is 0 Å². The van der Waals surface area contributed by atoms with E-state index >= 15 is 0 Å². The fraction of sp³-hybridized carbons (Fsp3) is 0.571. The van der Waals surface area contributed by atoms with Gasteiger partial charge in [0.1, 0.15) is 0 Å². The van der Waals surface area contributed by atoms with Crippen molar-refractivity contribution in [2.24, 2.45) is 0 Å². The van der Waals surface area contributed by atoms with E-state index in [1.807, 2.05) is 6.92 Å². The van der Waals surface area contributed by atoms with Gasteiger partial charge >= 0.3 is 0 Å². The minimum absolute atomic E-state index is 0.374. The van der Waals surface area contributed by atoms with E-state index in [1.165, 1.54) is 5.56 Å². The summed E-state index contributed by atoms with van der Waals surface area (Å²) < 4.78 is 6.56. The molecule has 0 aliphatic rings. The lowest BCUT2D eigenvalue weighted by molar-refractivity contribution is 0.123. The van der Waals surface area contributed by atoms with Gasteiger partial charge in [0.25, 0.3) is 0 Å². The predicted octanol–water partition coefficient (Wildman–Crippen LogP) is 3.91. The average molecular weight is 300 g/mol. The molecule has 1 rings (SSSR count). The van der Waals surface area contributed by atoms with Crippen LogP contribution in [0.15, 0.2) is 28.7 Å². The van der Waals surface area contributed by atoms with Gasteiger partial charge in [-0.25, -0.2) is 0 Å². The zero-order chi connectivity index (χ0) is 12.7. The Balaban J connectivity index is 2.59. The van der Waals surface area contributed by atoms with Crippen LogP contribution in [0.25, 0.3) is 0 Å². The smallest absolute Gasteiger partial charge is 0.0616 e. The van der Waals surface area contributed by atoms with Crippen molar-refractivity contribution in [1.82, 2.24) is 5.32 Å². The normalized spacial score (nSPS) is 14.6. The lowest BCUT2D eigenvalue weighted by Crippen LogP contribution is -2.33. The minimum Gasteiger partial charge on any atom is -0.380 e. The number of ether oxygens (including phenoxy) is 1. The molecule has 2 unspecified atom stereocenters. The van der Waals surface area contributed by atoms with Crippen LogP contribution in [0.5, 0.6) is 0 Å². The SMILES string of the molecule is CCOCC(C)NC(CC)c1cccc(Br)c1. The molecular formula is C14H22BrNO. The van der Waals surface area contributed by atoms with Gasteiger partial charge in [-0.05, 0) is 38.0 Å². The maximum Gasteiger partial charge on any atom is 0.0616 e. The third kappa shape index (κ3) is 5.19. The molecule has 0 saturated heterocycles. The molecule has 1 aromatic rings. The van der Waals surface area contributed by atoms with Crippen molar-refractivity contribution >= 4 is 15.9 Å². The summed E-state index contributed by atoms with van der Waals surface area (Å²) in [5.74, 6) is 0. The van der Waals surface area contributed by atoms with Crippen molar-refractivity contribution in [2.75, 3.05) is 13.2 Å². The van der Waals surface area contributed by atoms with Gasteiger partial charge in [-0.1, -0.05) is 35.0 Å². The first-order chi connectivity index (χ1) is 8.17. The highest BCUT2D eigenvalue weighted by molar-refractivity contribution is 9.10. The Morgan fingerprint density at radius 2 is 2.12 bits per heavy atom. The van der Waals surface area contributed by atoms with Crippen LogP contribution in [0.2, 0.25) is 0 Å². The number of rotatable bonds is 7. The Kier molecular flexibility index (Phi) is 6.78. The highest BCUT2D eigenvalue weighted by atomic mass is 79.9. The molecule has 2 atom stereocenters. The van der Waals surface area contributed by atoms with Crippen molar-refractivity contribution in [3.8, 4) is 0 Å². The molecule has 2 nitrogen and oxygen atoms in total. The van der Waals surface area contributed by atoms with Gasteiger partial charge in [-0.2, -0.15) is 0 Å². The minimum atomic E-state index is 0.374. The van der Waals surface area contributed by atoms with Gasteiger partial charge < -0.3 is 10.1 Å². The standard InChI is InChI=1S/C14H22BrNO/c1-4-14(16-11(3)10-17-5-2)12-7-6-8-13(15)9-12/h6-9,11,14,16H,4-5,10H2,1-3H3. The molecule has 0 heterocycles. The second kappa shape index (κ2) is 7.85. The van der Waals surface area contributed by atoms with E-state index in [1.54, 1.807) is 0 Å². The summed E-state index contributed by atoms with van der Waals surface area (Å²) in [5.41, 5.74) is 1.32. The van der Waals surface area contributed by atoms with Crippen LogP contribution in [0.1, 0.15) is 38.8 Å². The summed E-state index contributed by atoms with van der Waals surface area (Å²) in [6.07, 6.45) is 1.08. The Bertz CT molecular complexity index is 330. The Hall–Kier alpha value is -0.380.